The average Bonchev–Trinajstić information content (AvgIpc) is 2.62. The Labute approximate surface area is 99.3 Å². The van der Waals surface area contributed by atoms with Gasteiger partial charge in [-0.1, -0.05) is 6.92 Å². The van der Waals surface area contributed by atoms with E-state index in [1.54, 1.807) is 6.07 Å². The Bertz CT molecular complexity index is 441. The van der Waals surface area contributed by atoms with E-state index in [9.17, 15) is 18.3 Å². The van der Waals surface area contributed by atoms with Crippen LogP contribution in [0.3, 0.4) is 0 Å². The van der Waals surface area contributed by atoms with E-state index in [1.807, 2.05) is 0 Å². The predicted molar refractivity (Wildman–Crippen MR) is 57.4 cm³/mol. The van der Waals surface area contributed by atoms with Gasteiger partial charge in [-0.15, -0.1) is 0 Å². The minimum absolute atomic E-state index is 0.0811. The lowest BCUT2D eigenvalue weighted by molar-refractivity contribution is -0.140. The van der Waals surface area contributed by atoms with Crippen LogP contribution in [-0.2, 0) is 14.8 Å². The molecule has 1 saturated heterocycles. The first-order valence-corrected chi connectivity index (χ1v) is 6.66. The summed E-state index contributed by atoms with van der Waals surface area (Å²) >= 11 is 0. The first-order chi connectivity index (χ1) is 7.84. The first kappa shape index (κ1) is 13.9. The highest BCUT2D eigenvalue weighted by molar-refractivity contribution is 7.90. The smallest absolute Gasteiger partial charge is 0.322 e. The summed E-state index contributed by atoms with van der Waals surface area (Å²) in [6.45, 7) is 1.27. The molecule has 3 atom stereocenters. The second kappa shape index (κ2) is 5.00. The summed E-state index contributed by atoms with van der Waals surface area (Å²) in [5.74, 6) is -1.31. The van der Waals surface area contributed by atoms with Crippen LogP contribution in [0.5, 0.6) is 0 Å². The fourth-order valence-electron chi connectivity index (χ4n) is 1.82. The molecule has 7 nitrogen and oxygen atoms in total. The van der Waals surface area contributed by atoms with Gasteiger partial charge in [0.2, 0.25) is 10.0 Å². The number of aliphatic hydroxyl groups is 1. The van der Waals surface area contributed by atoms with Crippen molar-refractivity contribution in [1.29, 1.82) is 5.26 Å². The summed E-state index contributed by atoms with van der Waals surface area (Å²) < 4.78 is 24.7. The average molecular weight is 262 g/mol. The second-order valence-corrected chi connectivity index (χ2v) is 5.95. The quantitative estimate of drug-likeness (QED) is 0.680. The number of sulfonamides is 1. The zero-order valence-electron chi connectivity index (χ0n) is 9.28. The van der Waals surface area contributed by atoms with Gasteiger partial charge in [-0.3, -0.25) is 4.79 Å². The molecule has 8 heteroatoms. The zero-order chi connectivity index (χ0) is 13.2. The van der Waals surface area contributed by atoms with Crippen molar-refractivity contribution in [2.24, 2.45) is 0 Å². The second-order valence-electron chi connectivity index (χ2n) is 3.88. The van der Waals surface area contributed by atoms with Crippen molar-refractivity contribution in [1.82, 2.24) is 4.31 Å². The van der Waals surface area contributed by atoms with Gasteiger partial charge in [-0.05, 0) is 6.42 Å². The van der Waals surface area contributed by atoms with Crippen molar-refractivity contribution in [2.75, 3.05) is 6.54 Å². The molecule has 2 N–H and O–H groups in total. The molecule has 1 rings (SSSR count). The number of aliphatic hydroxyl groups excluding tert-OH is 1. The van der Waals surface area contributed by atoms with E-state index in [1.165, 1.54) is 6.92 Å². The number of nitriles is 1. The lowest BCUT2D eigenvalue weighted by atomic mass is 10.2. The third-order valence-corrected chi connectivity index (χ3v) is 4.94. The molecule has 96 valence electrons. The minimum atomic E-state index is -4.00. The van der Waals surface area contributed by atoms with Gasteiger partial charge >= 0.3 is 5.97 Å². The van der Waals surface area contributed by atoms with Crippen LogP contribution in [0, 0.1) is 11.3 Å². The van der Waals surface area contributed by atoms with E-state index in [2.05, 4.69) is 0 Å². The Morgan fingerprint density at radius 2 is 2.24 bits per heavy atom. The Balaban J connectivity index is 3.06. The molecule has 0 aliphatic carbocycles. The number of aliphatic carboxylic acids is 1. The van der Waals surface area contributed by atoms with Crippen LogP contribution in [0.2, 0.25) is 0 Å². The molecule has 0 amide bonds. The molecule has 0 saturated carbocycles. The van der Waals surface area contributed by atoms with Crippen molar-refractivity contribution in [3.63, 3.8) is 0 Å². The summed E-state index contributed by atoms with van der Waals surface area (Å²) in [6, 6.07) is 0.359. The Hall–Kier alpha value is -1.17. The normalized spacial score (nSPS) is 27.6. The lowest BCUT2D eigenvalue weighted by Gasteiger charge is -2.22. The summed E-state index contributed by atoms with van der Waals surface area (Å²) in [7, 11) is -4.00. The Kier molecular flexibility index (Phi) is 4.08. The number of nitrogens with zero attached hydrogens (tertiary/aromatic N) is 2. The van der Waals surface area contributed by atoms with Crippen LogP contribution in [0.25, 0.3) is 0 Å². The molecule has 0 bridgehead atoms. The fraction of sp³-hybridized carbons (Fsp3) is 0.778. The minimum Gasteiger partial charge on any atom is -0.480 e. The molecular formula is C9H14N2O5S. The van der Waals surface area contributed by atoms with Gasteiger partial charge in [0.15, 0.2) is 5.25 Å². The molecular weight excluding hydrogens is 248 g/mol. The molecule has 1 aliphatic rings. The Morgan fingerprint density at radius 1 is 1.65 bits per heavy atom. The van der Waals surface area contributed by atoms with Crippen molar-refractivity contribution >= 4 is 16.0 Å². The maximum atomic E-state index is 12.0. The maximum absolute atomic E-state index is 12.0. The Morgan fingerprint density at radius 3 is 2.65 bits per heavy atom. The molecule has 0 aromatic rings. The van der Waals surface area contributed by atoms with Gasteiger partial charge in [-0.2, -0.15) is 9.57 Å². The molecule has 1 unspecified atom stereocenters. The van der Waals surface area contributed by atoms with Crippen LogP contribution >= 0.6 is 0 Å². The van der Waals surface area contributed by atoms with Gasteiger partial charge in [0.25, 0.3) is 0 Å². The van der Waals surface area contributed by atoms with Crippen LogP contribution < -0.4 is 0 Å². The molecule has 1 aliphatic heterocycles. The summed E-state index contributed by atoms with van der Waals surface area (Å²) in [6.07, 6.45) is -1.06. The van der Waals surface area contributed by atoms with E-state index >= 15 is 0 Å². The number of carboxylic acid groups (broad SMARTS) is 1. The van der Waals surface area contributed by atoms with Crippen LogP contribution in [0.4, 0.5) is 0 Å². The van der Waals surface area contributed by atoms with E-state index in [4.69, 9.17) is 10.4 Å². The molecule has 17 heavy (non-hydrogen) atoms. The highest BCUT2D eigenvalue weighted by Gasteiger charge is 2.45. The molecule has 0 aromatic carbocycles. The lowest BCUT2D eigenvalue weighted by Crippen LogP contribution is -2.44. The summed E-state index contributed by atoms with van der Waals surface area (Å²) in [4.78, 5) is 10.9. The zero-order valence-corrected chi connectivity index (χ0v) is 10.1. The SMILES string of the molecule is CCC(C#N)S(=O)(=O)N1C[C@@H](O)C[C@H]1C(=O)O. The van der Waals surface area contributed by atoms with Crippen molar-refractivity contribution in [2.45, 2.75) is 37.2 Å². The number of β-amino-alcohol motifs (C(OH)–C–C–N with tert-alkyl or cyclic N) is 1. The maximum Gasteiger partial charge on any atom is 0.322 e. The van der Waals surface area contributed by atoms with Gasteiger partial charge in [0, 0.05) is 13.0 Å². The molecule has 1 heterocycles. The van der Waals surface area contributed by atoms with Crippen LogP contribution in [0.1, 0.15) is 19.8 Å². The van der Waals surface area contributed by atoms with Crippen LogP contribution in [0.15, 0.2) is 0 Å². The molecule has 0 aromatic heterocycles. The summed E-state index contributed by atoms with van der Waals surface area (Å²) in [5, 5.41) is 25.7. The van der Waals surface area contributed by atoms with E-state index in [0.717, 1.165) is 4.31 Å². The standard InChI is InChI=1S/C9H14N2O5S/c1-2-7(4-10)17(15,16)11-5-6(12)3-8(11)9(13)14/h6-8,12H,2-3,5H2,1H3,(H,13,14)/t6-,7?,8-/m0/s1. The monoisotopic (exact) mass is 262 g/mol. The number of carbonyl (C=O) groups is 1. The highest BCUT2D eigenvalue weighted by Crippen LogP contribution is 2.25. The van der Waals surface area contributed by atoms with Crippen LogP contribution in [-0.4, -0.2) is 52.8 Å². The third kappa shape index (κ3) is 2.57. The van der Waals surface area contributed by atoms with Gasteiger partial charge in [-0.25, -0.2) is 8.42 Å². The van der Waals surface area contributed by atoms with Crippen molar-refractivity contribution in [3.05, 3.63) is 0 Å². The molecule has 1 fully saturated rings. The largest absolute Gasteiger partial charge is 0.480 e. The fourth-order valence-corrected chi connectivity index (χ4v) is 3.61. The highest BCUT2D eigenvalue weighted by atomic mass is 32.2. The van der Waals surface area contributed by atoms with Crippen molar-refractivity contribution < 1.29 is 23.4 Å². The number of rotatable bonds is 4. The van der Waals surface area contributed by atoms with Gasteiger partial charge < -0.3 is 10.2 Å². The van der Waals surface area contributed by atoms with E-state index in [0.29, 0.717) is 0 Å². The first-order valence-electron chi connectivity index (χ1n) is 5.15. The summed E-state index contributed by atoms with van der Waals surface area (Å²) in [5.41, 5.74) is 0. The number of hydrogen-bond acceptors (Lipinski definition) is 5. The van der Waals surface area contributed by atoms with E-state index < -0.39 is 33.4 Å². The van der Waals surface area contributed by atoms with Gasteiger partial charge in [0.05, 0.1) is 12.2 Å². The number of carboxylic acids is 1. The van der Waals surface area contributed by atoms with E-state index in [-0.39, 0.29) is 19.4 Å². The van der Waals surface area contributed by atoms with Crippen molar-refractivity contribution in [3.8, 4) is 6.07 Å². The topological polar surface area (TPSA) is 119 Å². The molecule has 0 radical (unpaired) electrons. The molecule has 0 spiro atoms. The predicted octanol–water partition coefficient (Wildman–Crippen LogP) is -0.862. The third-order valence-electron chi connectivity index (χ3n) is 2.72. The van der Waals surface area contributed by atoms with Gasteiger partial charge in [0.1, 0.15) is 6.04 Å². The number of hydrogen-bond donors (Lipinski definition) is 2.